The Bertz CT molecular complexity index is 1110. The first-order valence-electron chi connectivity index (χ1n) is 8.64. The highest BCUT2D eigenvalue weighted by Crippen LogP contribution is 2.26. The first kappa shape index (κ1) is 18.7. The Morgan fingerprint density at radius 3 is 2.54 bits per heavy atom. The molecule has 1 aromatic heterocycles. The summed E-state index contributed by atoms with van der Waals surface area (Å²) in [5.74, 6) is 0.767. The van der Waals surface area contributed by atoms with E-state index in [-0.39, 0.29) is 5.97 Å². The lowest BCUT2D eigenvalue weighted by Gasteiger charge is -2.02. The standard InChI is InChI=1S/C23H16N2O3/c1-2-27-23(26)18-8-6-17(7-9-18)22-11-10-21(28-22)13-20(15-25)19-5-3-4-16(12-19)14-24/h3-13H,2H2,1H3/b20-13-. The van der Waals surface area contributed by atoms with Crippen LogP contribution in [0.25, 0.3) is 23.0 Å². The van der Waals surface area contributed by atoms with Crippen LogP contribution in [0.2, 0.25) is 0 Å². The van der Waals surface area contributed by atoms with Gasteiger partial charge in [0.25, 0.3) is 0 Å². The van der Waals surface area contributed by atoms with E-state index in [0.717, 1.165) is 5.56 Å². The molecule has 0 amide bonds. The average Bonchev–Trinajstić information content (AvgIpc) is 3.21. The Morgan fingerprint density at radius 1 is 1.07 bits per heavy atom. The number of nitriles is 2. The zero-order chi connectivity index (χ0) is 19.9. The molecule has 136 valence electrons. The van der Waals surface area contributed by atoms with Crippen LogP contribution in [0.3, 0.4) is 0 Å². The second-order valence-corrected chi connectivity index (χ2v) is 5.86. The smallest absolute Gasteiger partial charge is 0.338 e. The summed E-state index contributed by atoms with van der Waals surface area (Å²) < 4.78 is 10.8. The number of rotatable bonds is 5. The molecule has 0 aliphatic heterocycles. The van der Waals surface area contributed by atoms with Gasteiger partial charge < -0.3 is 9.15 Å². The van der Waals surface area contributed by atoms with Gasteiger partial charge >= 0.3 is 5.97 Å². The molecule has 0 atom stereocenters. The van der Waals surface area contributed by atoms with Crippen LogP contribution in [0, 0.1) is 22.7 Å². The minimum Gasteiger partial charge on any atom is -0.462 e. The van der Waals surface area contributed by atoms with Crippen molar-refractivity contribution in [1.29, 1.82) is 10.5 Å². The second kappa shape index (κ2) is 8.53. The second-order valence-electron chi connectivity index (χ2n) is 5.86. The summed E-state index contributed by atoms with van der Waals surface area (Å²) in [5.41, 5.74) is 2.81. The number of hydrogen-bond acceptors (Lipinski definition) is 5. The van der Waals surface area contributed by atoms with E-state index in [1.54, 1.807) is 73.7 Å². The van der Waals surface area contributed by atoms with Gasteiger partial charge in [0.15, 0.2) is 0 Å². The molecule has 0 bridgehead atoms. The highest BCUT2D eigenvalue weighted by Gasteiger charge is 2.09. The maximum Gasteiger partial charge on any atom is 0.338 e. The van der Waals surface area contributed by atoms with E-state index in [4.69, 9.17) is 14.4 Å². The quantitative estimate of drug-likeness (QED) is 0.464. The molecule has 0 saturated carbocycles. The van der Waals surface area contributed by atoms with E-state index in [0.29, 0.717) is 40.4 Å². The molecule has 1 heterocycles. The molecule has 0 saturated heterocycles. The SMILES string of the molecule is CCOC(=O)c1ccc(-c2ccc(/C=C(/C#N)c3cccc(C#N)c3)o2)cc1. The Morgan fingerprint density at radius 2 is 1.86 bits per heavy atom. The van der Waals surface area contributed by atoms with Gasteiger partial charge in [-0.15, -0.1) is 0 Å². The highest BCUT2D eigenvalue weighted by atomic mass is 16.5. The van der Waals surface area contributed by atoms with Gasteiger partial charge in [-0.3, -0.25) is 0 Å². The molecule has 0 N–H and O–H groups in total. The van der Waals surface area contributed by atoms with E-state index in [2.05, 4.69) is 12.1 Å². The fourth-order valence-corrected chi connectivity index (χ4v) is 2.65. The van der Waals surface area contributed by atoms with Crippen molar-refractivity contribution in [3.8, 4) is 23.5 Å². The molecule has 0 aliphatic rings. The van der Waals surface area contributed by atoms with E-state index in [1.165, 1.54) is 0 Å². The van der Waals surface area contributed by atoms with Crippen molar-refractivity contribution < 1.29 is 13.9 Å². The Labute approximate surface area is 162 Å². The van der Waals surface area contributed by atoms with Crippen molar-refractivity contribution in [2.24, 2.45) is 0 Å². The van der Waals surface area contributed by atoms with Crippen LogP contribution in [0.5, 0.6) is 0 Å². The van der Waals surface area contributed by atoms with Crippen molar-refractivity contribution >= 4 is 17.6 Å². The zero-order valence-corrected chi connectivity index (χ0v) is 15.2. The van der Waals surface area contributed by atoms with Crippen LogP contribution >= 0.6 is 0 Å². The van der Waals surface area contributed by atoms with Crippen molar-refractivity contribution in [3.05, 3.63) is 83.1 Å². The molecule has 3 aromatic rings. The molecule has 3 rings (SSSR count). The average molecular weight is 368 g/mol. The third kappa shape index (κ3) is 4.17. The number of hydrogen-bond donors (Lipinski definition) is 0. The summed E-state index contributed by atoms with van der Waals surface area (Å²) >= 11 is 0. The maximum atomic E-state index is 11.7. The molecule has 5 nitrogen and oxygen atoms in total. The number of ether oxygens (including phenoxy) is 1. The van der Waals surface area contributed by atoms with E-state index < -0.39 is 0 Å². The van der Waals surface area contributed by atoms with Crippen LogP contribution in [0.1, 0.15) is 34.2 Å². The van der Waals surface area contributed by atoms with Crippen LogP contribution in [-0.4, -0.2) is 12.6 Å². The fourth-order valence-electron chi connectivity index (χ4n) is 2.65. The van der Waals surface area contributed by atoms with Crippen LogP contribution < -0.4 is 0 Å². The summed E-state index contributed by atoms with van der Waals surface area (Å²) in [7, 11) is 0. The van der Waals surface area contributed by atoms with E-state index in [9.17, 15) is 10.1 Å². The van der Waals surface area contributed by atoms with Crippen LogP contribution in [0.15, 0.2) is 65.1 Å². The molecular weight excluding hydrogens is 352 g/mol. The van der Waals surface area contributed by atoms with Gasteiger partial charge in [0.1, 0.15) is 11.5 Å². The van der Waals surface area contributed by atoms with Crippen LogP contribution in [0.4, 0.5) is 0 Å². The summed E-state index contributed by atoms with van der Waals surface area (Å²) in [6.45, 7) is 2.09. The summed E-state index contributed by atoms with van der Waals surface area (Å²) in [6, 6.07) is 21.5. The zero-order valence-electron chi connectivity index (χ0n) is 15.2. The van der Waals surface area contributed by atoms with Crippen molar-refractivity contribution in [3.63, 3.8) is 0 Å². The number of carbonyl (C=O) groups is 1. The first-order valence-corrected chi connectivity index (χ1v) is 8.64. The summed E-state index contributed by atoms with van der Waals surface area (Å²) in [6.07, 6.45) is 1.63. The van der Waals surface area contributed by atoms with Crippen molar-refractivity contribution in [2.75, 3.05) is 6.61 Å². The molecule has 28 heavy (non-hydrogen) atoms. The number of benzene rings is 2. The third-order valence-corrected chi connectivity index (χ3v) is 4.02. The van der Waals surface area contributed by atoms with Crippen molar-refractivity contribution in [1.82, 2.24) is 0 Å². The molecule has 0 spiro atoms. The largest absolute Gasteiger partial charge is 0.462 e. The van der Waals surface area contributed by atoms with Crippen molar-refractivity contribution in [2.45, 2.75) is 6.92 Å². The van der Waals surface area contributed by atoms with Gasteiger partial charge in [-0.2, -0.15) is 10.5 Å². The van der Waals surface area contributed by atoms with Gasteiger partial charge in [0, 0.05) is 5.56 Å². The number of esters is 1. The maximum absolute atomic E-state index is 11.7. The van der Waals surface area contributed by atoms with Gasteiger partial charge in [-0.05, 0) is 55.0 Å². The molecular formula is C23H16N2O3. The third-order valence-electron chi connectivity index (χ3n) is 4.02. The predicted molar refractivity (Wildman–Crippen MR) is 105 cm³/mol. The Kier molecular flexibility index (Phi) is 5.69. The first-order chi connectivity index (χ1) is 13.6. The number of nitrogens with zero attached hydrogens (tertiary/aromatic N) is 2. The van der Waals surface area contributed by atoms with Gasteiger partial charge in [-0.1, -0.05) is 24.3 Å². The molecule has 0 aliphatic carbocycles. The number of allylic oxidation sites excluding steroid dienone is 1. The molecule has 2 aromatic carbocycles. The summed E-state index contributed by atoms with van der Waals surface area (Å²) in [5, 5.41) is 18.5. The fraction of sp³-hybridized carbons (Fsp3) is 0.0870. The number of furan rings is 1. The van der Waals surface area contributed by atoms with Gasteiger partial charge in [0.05, 0.1) is 35.4 Å². The monoisotopic (exact) mass is 368 g/mol. The van der Waals surface area contributed by atoms with E-state index in [1.807, 2.05) is 0 Å². The highest BCUT2D eigenvalue weighted by molar-refractivity contribution is 5.90. The lowest BCUT2D eigenvalue weighted by Crippen LogP contribution is -2.03. The van der Waals surface area contributed by atoms with Gasteiger partial charge in [0.2, 0.25) is 0 Å². The Hall–Kier alpha value is -4.09. The molecule has 0 unspecified atom stereocenters. The lowest BCUT2D eigenvalue weighted by atomic mass is 10.0. The minimum absolute atomic E-state index is 0.326. The molecule has 0 radical (unpaired) electrons. The molecule has 5 heteroatoms. The van der Waals surface area contributed by atoms with Crippen LogP contribution in [-0.2, 0) is 4.74 Å². The minimum atomic E-state index is -0.365. The summed E-state index contributed by atoms with van der Waals surface area (Å²) in [4.78, 5) is 11.7. The topological polar surface area (TPSA) is 87.0 Å². The van der Waals surface area contributed by atoms with Gasteiger partial charge in [-0.25, -0.2) is 4.79 Å². The normalized spacial score (nSPS) is 10.8. The Balaban J connectivity index is 1.85. The molecule has 0 fully saturated rings. The predicted octanol–water partition coefficient (Wildman–Crippen LogP) is 5.06. The lowest BCUT2D eigenvalue weighted by molar-refractivity contribution is 0.0526. The van der Waals surface area contributed by atoms with E-state index >= 15 is 0 Å². The number of carbonyl (C=O) groups excluding carboxylic acids is 1.